The molecule has 0 radical (unpaired) electrons. The fourth-order valence-corrected chi connectivity index (χ4v) is 2.22. The minimum Gasteiger partial charge on any atom is -0.493 e. The third kappa shape index (κ3) is 3.63. The molecule has 0 aliphatic rings. The van der Waals surface area contributed by atoms with Gasteiger partial charge < -0.3 is 15.2 Å². The number of anilines is 1. The Morgan fingerprint density at radius 1 is 1.10 bits per heavy atom. The van der Waals surface area contributed by atoms with Crippen molar-refractivity contribution in [1.29, 1.82) is 0 Å². The van der Waals surface area contributed by atoms with E-state index in [2.05, 4.69) is 15.9 Å². The number of ether oxygens (including phenoxy) is 2. The first-order valence-electron chi connectivity index (χ1n) is 6.19. The van der Waals surface area contributed by atoms with Gasteiger partial charge in [0.1, 0.15) is 23.9 Å². The van der Waals surface area contributed by atoms with Gasteiger partial charge in [-0.1, -0.05) is 0 Å². The van der Waals surface area contributed by atoms with Crippen LogP contribution in [0.2, 0.25) is 0 Å². The van der Waals surface area contributed by atoms with E-state index in [4.69, 9.17) is 15.2 Å². The summed E-state index contributed by atoms with van der Waals surface area (Å²) in [6.07, 6.45) is 0. The maximum atomic E-state index is 13.0. The van der Waals surface area contributed by atoms with Gasteiger partial charge >= 0.3 is 0 Å². The van der Waals surface area contributed by atoms with Crippen LogP contribution in [0, 0.1) is 5.82 Å². The Labute approximate surface area is 125 Å². The van der Waals surface area contributed by atoms with Gasteiger partial charge in [-0.15, -0.1) is 0 Å². The highest BCUT2D eigenvalue weighted by Crippen LogP contribution is 2.28. The molecule has 0 amide bonds. The molecular weight excluding hydrogens is 325 g/mol. The molecule has 0 fully saturated rings. The van der Waals surface area contributed by atoms with Gasteiger partial charge in [-0.05, 0) is 59.3 Å². The molecule has 2 N–H and O–H groups in total. The van der Waals surface area contributed by atoms with Crippen LogP contribution < -0.4 is 15.2 Å². The molecule has 2 aromatic rings. The third-order valence-corrected chi connectivity index (χ3v) is 3.28. The number of halogens is 2. The van der Waals surface area contributed by atoms with Crippen molar-refractivity contribution in [2.45, 2.75) is 13.5 Å². The first kappa shape index (κ1) is 14.7. The summed E-state index contributed by atoms with van der Waals surface area (Å²) in [5.41, 5.74) is 7.27. The zero-order chi connectivity index (χ0) is 14.5. The highest BCUT2D eigenvalue weighted by atomic mass is 79.9. The molecule has 0 unspecified atom stereocenters. The summed E-state index contributed by atoms with van der Waals surface area (Å²) in [7, 11) is 0. The molecule has 20 heavy (non-hydrogen) atoms. The van der Waals surface area contributed by atoms with Crippen LogP contribution >= 0.6 is 15.9 Å². The molecule has 2 rings (SSSR count). The van der Waals surface area contributed by atoms with E-state index in [1.54, 1.807) is 12.1 Å². The summed E-state index contributed by atoms with van der Waals surface area (Å²) in [6, 6.07) is 9.69. The van der Waals surface area contributed by atoms with Gasteiger partial charge in [0.25, 0.3) is 0 Å². The Hall–Kier alpha value is -1.75. The molecule has 106 valence electrons. The average Bonchev–Trinajstić information content (AvgIpc) is 2.41. The maximum Gasteiger partial charge on any atom is 0.134 e. The summed E-state index contributed by atoms with van der Waals surface area (Å²) < 4.78 is 24.8. The number of nitrogen functional groups attached to an aromatic ring is 1. The summed E-state index contributed by atoms with van der Waals surface area (Å²) >= 11 is 3.26. The zero-order valence-electron chi connectivity index (χ0n) is 11.0. The monoisotopic (exact) mass is 339 g/mol. The highest BCUT2D eigenvalue weighted by Gasteiger charge is 2.07. The minimum absolute atomic E-state index is 0.296. The maximum absolute atomic E-state index is 13.0. The average molecular weight is 340 g/mol. The van der Waals surface area contributed by atoms with Crippen LogP contribution in [0.1, 0.15) is 12.5 Å². The topological polar surface area (TPSA) is 44.5 Å². The van der Waals surface area contributed by atoms with Crippen molar-refractivity contribution >= 4 is 21.6 Å². The summed E-state index contributed by atoms with van der Waals surface area (Å²) in [6.45, 7) is 2.78. The van der Waals surface area contributed by atoms with Crippen molar-refractivity contribution in [2.24, 2.45) is 0 Å². The van der Waals surface area contributed by atoms with E-state index in [0.717, 1.165) is 11.3 Å². The van der Waals surface area contributed by atoms with Crippen molar-refractivity contribution in [2.75, 3.05) is 12.3 Å². The standard InChI is InChI=1S/C15H15BrFNO2/c1-2-19-14-6-4-12(18)7-10(14)9-20-15-5-3-11(17)8-13(15)16/h3-8H,2,9,18H2,1H3. The van der Waals surface area contributed by atoms with Gasteiger partial charge in [-0.25, -0.2) is 4.39 Å². The quantitative estimate of drug-likeness (QED) is 0.832. The molecule has 0 aromatic heterocycles. The number of benzene rings is 2. The molecule has 0 saturated heterocycles. The predicted octanol–water partition coefficient (Wildman–Crippen LogP) is 4.15. The fraction of sp³-hybridized carbons (Fsp3) is 0.200. The Bertz CT molecular complexity index is 604. The van der Waals surface area contributed by atoms with E-state index in [-0.39, 0.29) is 5.82 Å². The van der Waals surface area contributed by atoms with Gasteiger partial charge in [0.05, 0.1) is 11.1 Å². The molecule has 0 atom stereocenters. The largest absolute Gasteiger partial charge is 0.493 e. The first-order valence-corrected chi connectivity index (χ1v) is 6.98. The predicted molar refractivity (Wildman–Crippen MR) is 80.5 cm³/mol. The van der Waals surface area contributed by atoms with E-state index in [0.29, 0.717) is 29.1 Å². The van der Waals surface area contributed by atoms with Crippen LogP contribution in [0.3, 0.4) is 0 Å². The van der Waals surface area contributed by atoms with Crippen LogP contribution in [0.25, 0.3) is 0 Å². The fourth-order valence-electron chi connectivity index (χ4n) is 1.76. The van der Waals surface area contributed by atoms with E-state index < -0.39 is 0 Å². The Balaban J connectivity index is 2.15. The molecule has 2 aromatic carbocycles. The van der Waals surface area contributed by atoms with Crippen LogP contribution in [-0.2, 0) is 6.61 Å². The van der Waals surface area contributed by atoms with Crippen molar-refractivity contribution in [3.8, 4) is 11.5 Å². The molecule has 5 heteroatoms. The summed E-state index contributed by atoms with van der Waals surface area (Å²) in [4.78, 5) is 0. The van der Waals surface area contributed by atoms with E-state index >= 15 is 0 Å². The van der Waals surface area contributed by atoms with Crippen LogP contribution in [0.15, 0.2) is 40.9 Å². The number of rotatable bonds is 5. The summed E-state index contributed by atoms with van der Waals surface area (Å²) in [5, 5.41) is 0. The highest BCUT2D eigenvalue weighted by molar-refractivity contribution is 9.10. The van der Waals surface area contributed by atoms with E-state index in [1.807, 2.05) is 19.1 Å². The van der Waals surface area contributed by atoms with Crippen molar-refractivity contribution in [3.63, 3.8) is 0 Å². The SMILES string of the molecule is CCOc1ccc(N)cc1COc1ccc(F)cc1Br. The molecule has 3 nitrogen and oxygen atoms in total. The molecule has 0 aliphatic heterocycles. The van der Waals surface area contributed by atoms with Crippen LogP contribution in [0.5, 0.6) is 11.5 Å². The van der Waals surface area contributed by atoms with Crippen molar-refractivity contribution in [3.05, 3.63) is 52.3 Å². The van der Waals surface area contributed by atoms with Crippen LogP contribution in [-0.4, -0.2) is 6.61 Å². The Kier molecular flexibility index (Phi) is 4.84. The van der Waals surface area contributed by atoms with Gasteiger partial charge in [-0.3, -0.25) is 0 Å². The lowest BCUT2D eigenvalue weighted by molar-refractivity contribution is 0.285. The molecule has 0 heterocycles. The van der Waals surface area contributed by atoms with Crippen LogP contribution in [0.4, 0.5) is 10.1 Å². The number of hydrogen-bond acceptors (Lipinski definition) is 3. The van der Waals surface area contributed by atoms with E-state index in [9.17, 15) is 4.39 Å². The van der Waals surface area contributed by atoms with Gasteiger partial charge in [-0.2, -0.15) is 0 Å². The normalized spacial score (nSPS) is 10.3. The number of hydrogen-bond donors (Lipinski definition) is 1. The second-order valence-electron chi connectivity index (χ2n) is 4.16. The smallest absolute Gasteiger partial charge is 0.134 e. The van der Waals surface area contributed by atoms with Gasteiger partial charge in [0.15, 0.2) is 0 Å². The van der Waals surface area contributed by atoms with Crippen molar-refractivity contribution in [1.82, 2.24) is 0 Å². The van der Waals surface area contributed by atoms with E-state index in [1.165, 1.54) is 12.1 Å². The molecule has 0 aliphatic carbocycles. The number of nitrogens with two attached hydrogens (primary N) is 1. The molecular formula is C15H15BrFNO2. The van der Waals surface area contributed by atoms with Crippen molar-refractivity contribution < 1.29 is 13.9 Å². The van der Waals surface area contributed by atoms with Gasteiger partial charge in [0.2, 0.25) is 0 Å². The van der Waals surface area contributed by atoms with Gasteiger partial charge in [0, 0.05) is 11.3 Å². The molecule has 0 spiro atoms. The Morgan fingerprint density at radius 2 is 1.85 bits per heavy atom. The Morgan fingerprint density at radius 3 is 2.55 bits per heavy atom. The lowest BCUT2D eigenvalue weighted by Gasteiger charge is -2.13. The molecule has 0 bridgehead atoms. The third-order valence-electron chi connectivity index (χ3n) is 2.66. The zero-order valence-corrected chi connectivity index (χ0v) is 12.6. The molecule has 0 saturated carbocycles. The first-order chi connectivity index (χ1) is 9.60. The summed E-state index contributed by atoms with van der Waals surface area (Å²) in [5.74, 6) is 0.986. The lowest BCUT2D eigenvalue weighted by atomic mass is 10.2. The minimum atomic E-state index is -0.316. The lowest BCUT2D eigenvalue weighted by Crippen LogP contribution is -2.02. The second-order valence-corrected chi connectivity index (χ2v) is 5.02. The second kappa shape index (κ2) is 6.61.